The van der Waals surface area contributed by atoms with Crippen molar-refractivity contribution in [2.45, 2.75) is 25.8 Å². The van der Waals surface area contributed by atoms with Crippen molar-refractivity contribution in [1.82, 2.24) is 10.7 Å². The Morgan fingerprint density at radius 3 is 2.67 bits per heavy atom. The van der Waals surface area contributed by atoms with Gasteiger partial charge in [-0.15, -0.1) is 0 Å². The molecule has 30 heavy (non-hydrogen) atoms. The lowest BCUT2D eigenvalue weighted by molar-refractivity contribution is -0.139. The molecule has 0 saturated heterocycles. The minimum absolute atomic E-state index is 0.0863. The van der Waals surface area contributed by atoms with E-state index in [1.165, 1.54) is 6.21 Å². The Bertz CT molecular complexity index is 989. The number of hydrogen-bond donors (Lipinski definition) is 3. The first-order chi connectivity index (χ1) is 14.4. The number of ether oxygens (including phenoxy) is 1. The van der Waals surface area contributed by atoms with Gasteiger partial charge in [-0.25, -0.2) is 5.43 Å². The molecule has 0 aliphatic heterocycles. The van der Waals surface area contributed by atoms with E-state index in [9.17, 15) is 14.4 Å². The highest BCUT2D eigenvalue weighted by atomic mass is 35.5. The smallest absolute Gasteiger partial charge is 0.329 e. The predicted molar refractivity (Wildman–Crippen MR) is 114 cm³/mol. The van der Waals surface area contributed by atoms with Crippen LogP contribution in [0.1, 0.15) is 24.0 Å². The Morgan fingerprint density at radius 2 is 1.90 bits per heavy atom. The molecule has 0 spiro atoms. The third kappa shape index (κ3) is 6.05. The van der Waals surface area contributed by atoms with Crippen LogP contribution in [0.15, 0.2) is 47.6 Å². The number of nitrogens with zero attached hydrogens (tertiary/aromatic N) is 1. The van der Waals surface area contributed by atoms with Gasteiger partial charge in [-0.3, -0.25) is 14.4 Å². The summed E-state index contributed by atoms with van der Waals surface area (Å²) in [6, 6.07) is 12.2. The van der Waals surface area contributed by atoms with Crippen molar-refractivity contribution in [2.24, 2.45) is 5.10 Å². The second-order valence-corrected chi connectivity index (χ2v) is 7.14. The summed E-state index contributed by atoms with van der Waals surface area (Å²) >= 11 is 6.06. The predicted octanol–water partition coefficient (Wildman–Crippen LogP) is 2.39. The van der Waals surface area contributed by atoms with Crippen molar-refractivity contribution in [3.8, 4) is 5.75 Å². The van der Waals surface area contributed by atoms with Gasteiger partial charge in [0.2, 0.25) is 0 Å². The molecule has 0 unspecified atom stereocenters. The second kappa shape index (κ2) is 9.89. The van der Waals surface area contributed by atoms with Crippen LogP contribution in [0.4, 0.5) is 5.69 Å². The lowest BCUT2D eigenvalue weighted by Crippen LogP contribution is -2.38. The highest BCUT2D eigenvalue weighted by Crippen LogP contribution is 2.23. The van der Waals surface area contributed by atoms with Crippen molar-refractivity contribution in [3.05, 3.63) is 58.6 Å². The van der Waals surface area contributed by atoms with Gasteiger partial charge in [0, 0.05) is 22.3 Å². The van der Waals surface area contributed by atoms with E-state index in [1.807, 2.05) is 6.92 Å². The number of rotatable bonds is 7. The largest absolute Gasteiger partial charge is 0.483 e. The number of para-hydroxylation sites is 1. The maximum atomic E-state index is 12.2. The van der Waals surface area contributed by atoms with Crippen LogP contribution in [0.25, 0.3) is 0 Å². The molecule has 3 N–H and O–H groups in total. The van der Waals surface area contributed by atoms with Gasteiger partial charge in [-0.05, 0) is 49.6 Å². The molecular formula is C21H21ClN4O4. The van der Waals surface area contributed by atoms with Crippen LogP contribution >= 0.6 is 11.6 Å². The zero-order valence-corrected chi connectivity index (χ0v) is 17.0. The summed E-state index contributed by atoms with van der Waals surface area (Å²) in [5, 5.41) is 9.66. The highest BCUT2D eigenvalue weighted by Gasteiger charge is 2.26. The van der Waals surface area contributed by atoms with Crippen LogP contribution in [0.3, 0.4) is 0 Å². The first-order valence-corrected chi connectivity index (χ1v) is 9.72. The first kappa shape index (κ1) is 21.3. The summed E-state index contributed by atoms with van der Waals surface area (Å²) in [5.74, 6) is -1.51. The summed E-state index contributed by atoms with van der Waals surface area (Å²) in [6.45, 7) is 1.58. The van der Waals surface area contributed by atoms with Crippen LogP contribution in [0.5, 0.6) is 5.75 Å². The van der Waals surface area contributed by atoms with Gasteiger partial charge < -0.3 is 15.4 Å². The normalized spacial score (nSPS) is 13.0. The van der Waals surface area contributed by atoms with Gasteiger partial charge in [0.05, 0.1) is 6.21 Å². The van der Waals surface area contributed by atoms with Gasteiger partial charge in [0.25, 0.3) is 5.91 Å². The molecule has 0 bridgehead atoms. The topological polar surface area (TPSA) is 109 Å². The standard InChI is InChI=1S/C21H21ClN4O4/c1-13-16(22)6-4-7-17(13)25-19(27)12-30-18-8-3-2-5-14(18)11-23-26-21(29)20(28)24-15-9-10-15/h2-8,11,15H,9-10,12H2,1H3,(H,24,28)(H,25,27)(H,26,29)/b23-11-. The number of hydrogen-bond acceptors (Lipinski definition) is 5. The van der Waals surface area contributed by atoms with Crippen molar-refractivity contribution in [3.63, 3.8) is 0 Å². The molecule has 1 saturated carbocycles. The summed E-state index contributed by atoms with van der Waals surface area (Å²) in [4.78, 5) is 35.5. The number of nitrogens with one attached hydrogen (secondary N) is 3. The molecule has 9 heteroatoms. The van der Waals surface area contributed by atoms with Gasteiger partial charge >= 0.3 is 11.8 Å². The van der Waals surface area contributed by atoms with Crippen LogP contribution in [0.2, 0.25) is 5.02 Å². The number of halogens is 1. The van der Waals surface area contributed by atoms with Crippen molar-refractivity contribution < 1.29 is 19.1 Å². The third-order valence-electron chi connectivity index (χ3n) is 4.31. The maximum absolute atomic E-state index is 12.2. The van der Waals surface area contributed by atoms with E-state index in [0.717, 1.165) is 18.4 Å². The lowest BCUT2D eigenvalue weighted by atomic mass is 10.2. The fourth-order valence-corrected chi connectivity index (χ4v) is 2.66. The summed E-state index contributed by atoms with van der Waals surface area (Å²) < 4.78 is 5.58. The Hall–Kier alpha value is -3.39. The number of anilines is 1. The molecule has 1 aliphatic carbocycles. The molecule has 0 radical (unpaired) electrons. The molecule has 0 aromatic heterocycles. The van der Waals surface area contributed by atoms with Crippen molar-refractivity contribution in [2.75, 3.05) is 11.9 Å². The fourth-order valence-electron chi connectivity index (χ4n) is 2.48. The summed E-state index contributed by atoms with van der Waals surface area (Å²) in [6.07, 6.45) is 3.12. The number of amides is 3. The van der Waals surface area contributed by atoms with Crippen LogP contribution in [-0.4, -0.2) is 36.6 Å². The number of hydrazone groups is 1. The molecule has 0 atom stereocenters. The molecule has 156 valence electrons. The fraction of sp³-hybridized carbons (Fsp3) is 0.238. The van der Waals surface area contributed by atoms with Crippen LogP contribution < -0.4 is 20.8 Å². The van der Waals surface area contributed by atoms with E-state index in [4.69, 9.17) is 16.3 Å². The molecule has 3 amide bonds. The highest BCUT2D eigenvalue weighted by molar-refractivity contribution is 6.35. The quantitative estimate of drug-likeness (QED) is 0.357. The van der Waals surface area contributed by atoms with Gasteiger partial charge in [-0.1, -0.05) is 29.8 Å². The van der Waals surface area contributed by atoms with E-state index in [2.05, 4.69) is 21.2 Å². The Labute approximate surface area is 178 Å². The van der Waals surface area contributed by atoms with Gasteiger partial charge in [0.1, 0.15) is 5.75 Å². The first-order valence-electron chi connectivity index (χ1n) is 9.34. The minimum atomic E-state index is -0.840. The Morgan fingerprint density at radius 1 is 1.13 bits per heavy atom. The summed E-state index contributed by atoms with van der Waals surface area (Å²) in [5.41, 5.74) is 4.08. The van der Waals surface area contributed by atoms with Gasteiger partial charge in [0.15, 0.2) is 6.61 Å². The molecule has 1 fully saturated rings. The van der Waals surface area contributed by atoms with E-state index < -0.39 is 11.8 Å². The molecule has 2 aromatic carbocycles. The van der Waals surface area contributed by atoms with E-state index in [0.29, 0.717) is 22.0 Å². The van der Waals surface area contributed by atoms with E-state index in [1.54, 1.807) is 42.5 Å². The van der Waals surface area contributed by atoms with E-state index >= 15 is 0 Å². The lowest BCUT2D eigenvalue weighted by Gasteiger charge is -2.11. The average Bonchev–Trinajstić information content (AvgIpc) is 3.54. The SMILES string of the molecule is Cc1c(Cl)cccc1NC(=O)COc1ccccc1/C=N\NC(=O)C(=O)NC1CC1. The second-order valence-electron chi connectivity index (χ2n) is 6.73. The summed E-state index contributed by atoms with van der Waals surface area (Å²) in [7, 11) is 0. The van der Waals surface area contributed by atoms with Crippen molar-refractivity contribution in [1.29, 1.82) is 0 Å². The Kier molecular flexibility index (Phi) is 7.03. The van der Waals surface area contributed by atoms with E-state index in [-0.39, 0.29) is 18.6 Å². The number of benzene rings is 2. The van der Waals surface area contributed by atoms with Crippen LogP contribution in [-0.2, 0) is 14.4 Å². The molecule has 1 aliphatic rings. The molecule has 2 aromatic rings. The third-order valence-corrected chi connectivity index (χ3v) is 4.72. The molecular weight excluding hydrogens is 408 g/mol. The number of carbonyl (C=O) groups excluding carboxylic acids is 3. The number of carbonyl (C=O) groups is 3. The zero-order chi connectivity index (χ0) is 21.5. The average molecular weight is 429 g/mol. The maximum Gasteiger partial charge on any atom is 0.329 e. The van der Waals surface area contributed by atoms with Gasteiger partial charge in [-0.2, -0.15) is 5.10 Å². The zero-order valence-electron chi connectivity index (χ0n) is 16.3. The molecule has 0 heterocycles. The van der Waals surface area contributed by atoms with Crippen molar-refractivity contribution >= 4 is 41.2 Å². The Balaban J connectivity index is 1.54. The monoisotopic (exact) mass is 428 g/mol. The minimum Gasteiger partial charge on any atom is -0.483 e. The van der Waals surface area contributed by atoms with Crippen LogP contribution in [0, 0.1) is 6.92 Å². The molecule has 8 nitrogen and oxygen atoms in total. The molecule has 3 rings (SSSR count).